The van der Waals surface area contributed by atoms with Gasteiger partial charge in [-0.05, 0) is 0 Å². The maximum atomic E-state index is 4.26. The SMILES string of the molecule is CC(C)[N-]/C=C\[N-]C(C)C.CCC[N]=[W].[CH2-][Si](CC)(CC)CC.[CH2-][Si](CC)(CC)CC. The van der Waals surface area contributed by atoms with Crippen LogP contribution in [0.5, 0.6) is 0 Å². The molecule has 0 saturated carbocycles. The molecule has 31 heavy (non-hydrogen) atoms. The molecule has 0 amide bonds. The van der Waals surface area contributed by atoms with Crippen LogP contribution in [0.4, 0.5) is 0 Å². The van der Waals surface area contributed by atoms with Gasteiger partial charge in [-0.15, -0.1) is 12.1 Å². The van der Waals surface area contributed by atoms with Crippen LogP contribution < -0.4 is 0 Å². The van der Waals surface area contributed by atoms with Crippen LogP contribution in [0.15, 0.2) is 15.9 Å². The second-order valence-corrected chi connectivity index (χ2v) is 19.9. The molecule has 0 bridgehead atoms. The molecule has 3 nitrogen and oxygen atoms in total. The predicted octanol–water partition coefficient (Wildman–Crippen LogP) is 9.88. The van der Waals surface area contributed by atoms with Crippen molar-refractivity contribution in [2.24, 2.45) is 3.50 Å². The van der Waals surface area contributed by atoms with Crippen LogP contribution in [0.25, 0.3) is 10.6 Å². The monoisotopic (exact) mass is 639 g/mol. The van der Waals surface area contributed by atoms with E-state index in [4.69, 9.17) is 0 Å². The van der Waals surface area contributed by atoms with Crippen molar-refractivity contribution in [2.45, 2.75) is 131 Å². The van der Waals surface area contributed by atoms with Crippen LogP contribution in [-0.4, -0.2) is 34.8 Å². The van der Waals surface area contributed by atoms with Crippen LogP contribution in [0.1, 0.15) is 82.6 Å². The Morgan fingerprint density at radius 1 is 0.677 bits per heavy atom. The van der Waals surface area contributed by atoms with Gasteiger partial charge in [-0.25, -0.2) is 12.4 Å². The Kier molecular flexibility index (Phi) is 32.9. The molecule has 0 rings (SSSR count). The largest absolute Gasteiger partial charge is 0.342 e. The van der Waals surface area contributed by atoms with Crippen LogP contribution in [0.2, 0.25) is 36.3 Å². The molecular weight excluding hydrogens is 582 g/mol. The number of rotatable bonds is 12. The van der Waals surface area contributed by atoms with E-state index in [9.17, 15) is 0 Å². The van der Waals surface area contributed by atoms with Crippen molar-refractivity contribution in [1.29, 1.82) is 0 Å². The Morgan fingerprint density at radius 3 is 1.00 bits per heavy atom. The number of hydrogen-bond acceptors (Lipinski definition) is 1. The molecule has 0 unspecified atom stereocenters. The molecular formula is C25H57N3Si2W-4. The molecule has 0 aliphatic rings. The standard InChI is InChI=1S/C8H16N2.2C7H17Si.C3H7N.W/c1-7(2)9-5-6-10-8(3)4;2*1-5-8(4,6-2)7-3;1-2-3-4;/h5-8H,1-4H3;2*4-7H2,1-3H3;2-3H2,1H3;/q-2;2*-1;;/b6-5-;;;;. The molecule has 190 valence electrons. The zero-order chi connectivity index (χ0) is 25.3. The van der Waals surface area contributed by atoms with Gasteiger partial charge in [0.15, 0.2) is 0 Å². The molecule has 0 radical (unpaired) electrons. The van der Waals surface area contributed by atoms with Gasteiger partial charge in [-0.1, -0.05) is 122 Å². The summed E-state index contributed by atoms with van der Waals surface area (Å²) >= 11 is 1.35. The van der Waals surface area contributed by atoms with Crippen LogP contribution >= 0.6 is 0 Å². The van der Waals surface area contributed by atoms with Gasteiger partial charge in [0, 0.05) is 0 Å². The number of hydrogen-bond donors (Lipinski definition) is 0. The fourth-order valence-electron chi connectivity index (χ4n) is 2.01. The van der Waals surface area contributed by atoms with Gasteiger partial charge in [-0.3, -0.25) is 0 Å². The molecule has 0 saturated heterocycles. The van der Waals surface area contributed by atoms with E-state index >= 15 is 0 Å². The van der Waals surface area contributed by atoms with Crippen LogP contribution in [-0.2, 0) is 19.6 Å². The van der Waals surface area contributed by atoms with Crippen molar-refractivity contribution < 1.29 is 19.6 Å². The Morgan fingerprint density at radius 2 is 0.935 bits per heavy atom. The summed E-state index contributed by atoms with van der Waals surface area (Å²) in [5, 5.41) is 8.24. The van der Waals surface area contributed by atoms with Crippen LogP contribution in [0, 0.1) is 13.1 Å². The second kappa shape index (κ2) is 26.5. The summed E-state index contributed by atoms with van der Waals surface area (Å²) in [5.74, 6) is 0. The van der Waals surface area contributed by atoms with Crippen LogP contribution in [0.3, 0.4) is 0 Å². The molecule has 0 heterocycles. The summed E-state index contributed by atoms with van der Waals surface area (Å²) in [5.41, 5.74) is 0. The minimum atomic E-state index is -0.921. The zero-order valence-corrected chi connectivity index (χ0v) is 28.1. The van der Waals surface area contributed by atoms with E-state index in [1.165, 1.54) is 62.3 Å². The third-order valence-corrected chi connectivity index (χ3v) is 15.3. The van der Waals surface area contributed by atoms with Gasteiger partial charge in [-0.2, -0.15) is 0 Å². The first-order valence-electron chi connectivity index (χ1n) is 12.5. The smallest absolute Gasteiger partial charge is 0.0700 e. The predicted molar refractivity (Wildman–Crippen MR) is 149 cm³/mol. The molecule has 0 aliphatic carbocycles. The molecule has 6 heteroatoms. The second-order valence-electron chi connectivity index (χ2n) is 8.76. The Balaban J connectivity index is -0.000000161. The summed E-state index contributed by atoms with van der Waals surface area (Å²) in [4.78, 5) is 0. The zero-order valence-electron chi connectivity index (χ0n) is 23.1. The average Bonchev–Trinajstić information content (AvgIpc) is 2.77. The maximum absolute atomic E-state index is 4.26. The van der Waals surface area contributed by atoms with Crippen molar-refractivity contribution in [3.63, 3.8) is 0 Å². The summed E-state index contributed by atoms with van der Waals surface area (Å²) in [7, 11) is -1.84. The molecule has 0 aromatic rings. The normalized spacial score (nSPS) is 11.1. The Labute approximate surface area is 212 Å². The minimum Gasteiger partial charge on any atom is -0.342 e. The van der Waals surface area contributed by atoms with Crippen molar-refractivity contribution in [1.82, 2.24) is 0 Å². The van der Waals surface area contributed by atoms with Crippen molar-refractivity contribution in [3.8, 4) is 0 Å². The first-order valence-corrected chi connectivity index (χ1v) is 19.4. The first-order chi connectivity index (χ1) is 14.4. The van der Waals surface area contributed by atoms with E-state index < -0.39 is 16.1 Å². The molecule has 0 aromatic carbocycles. The van der Waals surface area contributed by atoms with E-state index in [-0.39, 0.29) is 0 Å². The molecule has 0 atom stereocenters. The first kappa shape index (κ1) is 38.5. The van der Waals surface area contributed by atoms with Crippen molar-refractivity contribution in [2.75, 3.05) is 6.54 Å². The molecule has 0 fully saturated rings. The van der Waals surface area contributed by atoms with Gasteiger partial charge in [0.05, 0.1) is 0 Å². The molecule has 0 N–H and O–H groups in total. The summed E-state index contributed by atoms with van der Waals surface area (Å²) < 4.78 is 3.94. The minimum absolute atomic E-state index is 0.374. The third kappa shape index (κ3) is 32.5. The van der Waals surface area contributed by atoms with Gasteiger partial charge in [0.1, 0.15) is 0 Å². The average molecular weight is 640 g/mol. The molecule has 0 spiro atoms. The quantitative estimate of drug-likeness (QED) is 0.151. The fourth-order valence-corrected chi connectivity index (χ4v) is 5.67. The topological polar surface area (TPSA) is 40.6 Å². The van der Waals surface area contributed by atoms with Crippen molar-refractivity contribution in [3.05, 3.63) is 36.1 Å². The van der Waals surface area contributed by atoms with Gasteiger partial charge in [0.2, 0.25) is 0 Å². The van der Waals surface area contributed by atoms with E-state index in [0.29, 0.717) is 12.1 Å². The van der Waals surface area contributed by atoms with E-state index in [0.717, 1.165) is 6.54 Å². The summed E-state index contributed by atoms with van der Waals surface area (Å²) in [6.07, 6.45) is 4.71. The van der Waals surface area contributed by atoms with Gasteiger partial charge >= 0.3 is 43.0 Å². The van der Waals surface area contributed by atoms with Gasteiger partial charge in [0.25, 0.3) is 0 Å². The fraction of sp³-hybridized carbons (Fsp3) is 0.840. The van der Waals surface area contributed by atoms with E-state index in [2.05, 4.69) is 75.7 Å². The Hall–Kier alpha value is 0.262. The maximum Gasteiger partial charge on any atom is -0.0700 e. The van der Waals surface area contributed by atoms with E-state index in [1.807, 2.05) is 27.7 Å². The Bertz CT molecular complexity index is 334. The summed E-state index contributed by atoms with van der Waals surface area (Å²) in [6.45, 7) is 33.5. The molecule has 0 aromatic heterocycles. The van der Waals surface area contributed by atoms with Crippen molar-refractivity contribution >= 4 is 16.1 Å². The number of nitrogens with zero attached hydrogens (tertiary/aromatic N) is 3. The third-order valence-electron chi connectivity index (χ3n) is 5.65. The summed E-state index contributed by atoms with van der Waals surface area (Å²) in [6, 6.07) is 8.83. The molecule has 0 aliphatic heterocycles. The van der Waals surface area contributed by atoms with Gasteiger partial charge < -0.3 is 23.7 Å². The van der Waals surface area contributed by atoms with E-state index in [1.54, 1.807) is 12.4 Å².